The van der Waals surface area contributed by atoms with Crippen LogP contribution in [0.1, 0.15) is 31.2 Å². The third kappa shape index (κ3) is 6.20. The molecule has 4 heteroatoms. The topological polar surface area (TPSA) is 34.1 Å². The van der Waals surface area contributed by atoms with Crippen LogP contribution >= 0.6 is 11.3 Å². The summed E-state index contributed by atoms with van der Waals surface area (Å²) in [5.41, 5.74) is 0. The molecule has 1 aromatic rings. The highest BCUT2D eigenvalue weighted by atomic mass is 32.1. The SMILES string of the molecule is COCCC(C)NCCCCc1nccs1. The van der Waals surface area contributed by atoms with E-state index < -0.39 is 0 Å². The van der Waals surface area contributed by atoms with Gasteiger partial charge in [-0.1, -0.05) is 0 Å². The number of ether oxygens (including phenoxy) is 1. The summed E-state index contributed by atoms with van der Waals surface area (Å²) in [4.78, 5) is 4.27. The molecular formula is C12H22N2OS. The zero-order valence-electron chi connectivity index (χ0n) is 10.2. The van der Waals surface area contributed by atoms with Crippen LogP contribution in [-0.2, 0) is 11.2 Å². The van der Waals surface area contributed by atoms with Crippen molar-refractivity contribution in [3.05, 3.63) is 16.6 Å². The number of nitrogens with zero attached hydrogens (tertiary/aromatic N) is 1. The first-order chi connectivity index (χ1) is 7.83. The van der Waals surface area contributed by atoms with Crippen LogP contribution in [0.5, 0.6) is 0 Å². The van der Waals surface area contributed by atoms with Gasteiger partial charge in [-0.2, -0.15) is 0 Å². The van der Waals surface area contributed by atoms with Gasteiger partial charge in [0, 0.05) is 31.3 Å². The van der Waals surface area contributed by atoms with E-state index in [1.165, 1.54) is 17.8 Å². The van der Waals surface area contributed by atoms with E-state index in [-0.39, 0.29) is 0 Å². The van der Waals surface area contributed by atoms with Crippen molar-refractivity contribution in [1.82, 2.24) is 10.3 Å². The fourth-order valence-corrected chi connectivity index (χ4v) is 2.19. The summed E-state index contributed by atoms with van der Waals surface area (Å²) in [6.45, 7) is 4.14. The van der Waals surface area contributed by atoms with Crippen LogP contribution in [0.25, 0.3) is 0 Å². The van der Waals surface area contributed by atoms with Crippen molar-refractivity contribution in [1.29, 1.82) is 0 Å². The third-order valence-corrected chi connectivity index (χ3v) is 3.39. The smallest absolute Gasteiger partial charge is 0.0924 e. The first kappa shape index (κ1) is 13.6. The van der Waals surface area contributed by atoms with E-state index in [4.69, 9.17) is 4.74 Å². The Hall–Kier alpha value is -0.450. The molecule has 0 aliphatic heterocycles. The summed E-state index contributed by atoms with van der Waals surface area (Å²) < 4.78 is 5.04. The van der Waals surface area contributed by atoms with Gasteiger partial charge in [-0.25, -0.2) is 4.98 Å². The minimum absolute atomic E-state index is 0.555. The molecule has 0 fully saturated rings. The van der Waals surface area contributed by atoms with E-state index >= 15 is 0 Å². The Morgan fingerprint density at radius 2 is 2.38 bits per heavy atom. The van der Waals surface area contributed by atoms with Crippen LogP contribution in [0.3, 0.4) is 0 Å². The lowest BCUT2D eigenvalue weighted by molar-refractivity contribution is 0.185. The zero-order valence-corrected chi connectivity index (χ0v) is 11.1. The highest BCUT2D eigenvalue weighted by Crippen LogP contribution is 2.07. The zero-order chi connectivity index (χ0) is 11.6. The van der Waals surface area contributed by atoms with Gasteiger partial charge >= 0.3 is 0 Å². The van der Waals surface area contributed by atoms with Crippen molar-refractivity contribution >= 4 is 11.3 Å². The predicted octanol–water partition coefficient (Wildman–Crippen LogP) is 2.48. The van der Waals surface area contributed by atoms with Crippen LogP contribution in [0.15, 0.2) is 11.6 Å². The van der Waals surface area contributed by atoms with E-state index in [1.54, 1.807) is 18.4 Å². The van der Waals surface area contributed by atoms with E-state index in [9.17, 15) is 0 Å². The van der Waals surface area contributed by atoms with Crippen molar-refractivity contribution in [2.75, 3.05) is 20.3 Å². The summed E-state index contributed by atoms with van der Waals surface area (Å²) >= 11 is 1.75. The first-order valence-electron chi connectivity index (χ1n) is 5.93. The summed E-state index contributed by atoms with van der Waals surface area (Å²) in [7, 11) is 1.75. The maximum atomic E-state index is 5.04. The molecule has 1 unspecified atom stereocenters. The number of aromatic nitrogens is 1. The molecule has 1 aromatic heterocycles. The van der Waals surface area contributed by atoms with Crippen LogP contribution in [-0.4, -0.2) is 31.3 Å². The number of thiazole rings is 1. The maximum Gasteiger partial charge on any atom is 0.0924 e. The molecule has 1 atom stereocenters. The highest BCUT2D eigenvalue weighted by molar-refractivity contribution is 7.09. The van der Waals surface area contributed by atoms with Crippen LogP contribution in [0.4, 0.5) is 0 Å². The molecule has 92 valence electrons. The molecule has 0 bridgehead atoms. The number of hydrogen-bond donors (Lipinski definition) is 1. The molecule has 1 heterocycles. The predicted molar refractivity (Wildman–Crippen MR) is 69.0 cm³/mol. The normalized spacial score (nSPS) is 12.9. The number of hydrogen-bond acceptors (Lipinski definition) is 4. The number of aryl methyl sites for hydroxylation is 1. The van der Waals surface area contributed by atoms with Gasteiger partial charge in [0.05, 0.1) is 5.01 Å². The average molecular weight is 242 g/mol. The molecule has 1 N–H and O–H groups in total. The molecule has 0 spiro atoms. The van der Waals surface area contributed by atoms with Gasteiger partial charge in [0.1, 0.15) is 0 Å². The molecule has 0 amide bonds. The second kappa shape index (κ2) is 8.67. The van der Waals surface area contributed by atoms with Gasteiger partial charge in [-0.05, 0) is 39.2 Å². The first-order valence-corrected chi connectivity index (χ1v) is 6.81. The average Bonchev–Trinajstić information content (AvgIpc) is 2.79. The molecule has 0 aromatic carbocycles. The summed E-state index contributed by atoms with van der Waals surface area (Å²) in [5, 5.41) is 6.80. The Morgan fingerprint density at radius 1 is 1.50 bits per heavy atom. The van der Waals surface area contributed by atoms with Crippen LogP contribution in [0.2, 0.25) is 0 Å². The Morgan fingerprint density at radius 3 is 3.06 bits per heavy atom. The number of unbranched alkanes of at least 4 members (excludes halogenated alkanes) is 1. The molecule has 1 rings (SSSR count). The standard InChI is InChI=1S/C12H22N2OS/c1-11(6-9-15-2)13-7-4-3-5-12-14-8-10-16-12/h8,10-11,13H,3-7,9H2,1-2H3. The van der Waals surface area contributed by atoms with Crippen molar-refractivity contribution in [2.24, 2.45) is 0 Å². The lowest BCUT2D eigenvalue weighted by atomic mass is 10.2. The van der Waals surface area contributed by atoms with Crippen molar-refractivity contribution in [3.63, 3.8) is 0 Å². The van der Waals surface area contributed by atoms with Gasteiger partial charge in [0.25, 0.3) is 0 Å². The monoisotopic (exact) mass is 242 g/mol. The Labute approximate surface area is 102 Å². The molecule has 0 saturated carbocycles. The fourth-order valence-electron chi connectivity index (χ4n) is 1.52. The van der Waals surface area contributed by atoms with Crippen LogP contribution in [0, 0.1) is 0 Å². The van der Waals surface area contributed by atoms with E-state index in [0.29, 0.717) is 6.04 Å². The third-order valence-electron chi connectivity index (χ3n) is 2.55. The second-order valence-corrected chi connectivity index (χ2v) is 5.00. The molecule has 16 heavy (non-hydrogen) atoms. The molecule has 0 saturated heterocycles. The highest BCUT2D eigenvalue weighted by Gasteiger charge is 2.00. The summed E-state index contributed by atoms with van der Waals surface area (Å²) in [6, 6.07) is 0.555. The Balaban J connectivity index is 1.91. The summed E-state index contributed by atoms with van der Waals surface area (Å²) in [5.74, 6) is 0. The number of rotatable bonds is 9. The summed E-state index contributed by atoms with van der Waals surface area (Å²) in [6.07, 6.45) is 6.52. The minimum Gasteiger partial charge on any atom is -0.385 e. The molecular weight excluding hydrogens is 220 g/mol. The molecule has 0 radical (unpaired) electrons. The van der Waals surface area contributed by atoms with E-state index in [2.05, 4.69) is 17.2 Å². The Kier molecular flexibility index (Phi) is 7.38. The second-order valence-electron chi connectivity index (χ2n) is 4.02. The maximum absolute atomic E-state index is 5.04. The van der Waals surface area contributed by atoms with Gasteiger partial charge in [0.2, 0.25) is 0 Å². The Bertz CT molecular complexity index is 252. The minimum atomic E-state index is 0.555. The largest absolute Gasteiger partial charge is 0.385 e. The molecule has 3 nitrogen and oxygen atoms in total. The van der Waals surface area contributed by atoms with Gasteiger partial charge in [0.15, 0.2) is 0 Å². The van der Waals surface area contributed by atoms with Crippen molar-refractivity contribution in [2.45, 2.75) is 38.6 Å². The number of nitrogens with one attached hydrogen (secondary N) is 1. The van der Waals surface area contributed by atoms with E-state index in [1.807, 2.05) is 11.6 Å². The van der Waals surface area contributed by atoms with Crippen molar-refractivity contribution < 1.29 is 4.74 Å². The van der Waals surface area contributed by atoms with Gasteiger partial charge < -0.3 is 10.1 Å². The van der Waals surface area contributed by atoms with E-state index in [0.717, 1.165) is 26.0 Å². The fraction of sp³-hybridized carbons (Fsp3) is 0.750. The van der Waals surface area contributed by atoms with Crippen molar-refractivity contribution in [3.8, 4) is 0 Å². The molecule has 0 aliphatic carbocycles. The van der Waals surface area contributed by atoms with Gasteiger partial charge in [-0.3, -0.25) is 0 Å². The molecule has 0 aliphatic rings. The van der Waals surface area contributed by atoms with Crippen LogP contribution < -0.4 is 5.32 Å². The lowest BCUT2D eigenvalue weighted by Gasteiger charge is -2.12. The number of methoxy groups -OCH3 is 1. The lowest BCUT2D eigenvalue weighted by Crippen LogP contribution is -2.28. The quantitative estimate of drug-likeness (QED) is 0.676. The van der Waals surface area contributed by atoms with Gasteiger partial charge in [-0.15, -0.1) is 11.3 Å².